The van der Waals surface area contributed by atoms with Gasteiger partial charge in [-0.3, -0.25) is 9.59 Å². The number of aliphatic hydroxyl groups is 1. The van der Waals surface area contributed by atoms with Crippen LogP contribution in [-0.2, 0) is 7.05 Å². The van der Waals surface area contributed by atoms with Crippen LogP contribution in [0.2, 0.25) is 0 Å². The van der Waals surface area contributed by atoms with Gasteiger partial charge < -0.3 is 20.3 Å². The Bertz CT molecular complexity index is 792. The largest absolute Gasteiger partial charge is 0.395 e. The molecule has 0 aliphatic heterocycles. The normalized spacial score (nSPS) is 10.4. The Morgan fingerprint density at radius 1 is 1.35 bits per heavy atom. The van der Waals surface area contributed by atoms with E-state index < -0.39 is 11.7 Å². The Morgan fingerprint density at radius 3 is 2.74 bits per heavy atom. The van der Waals surface area contributed by atoms with Crippen molar-refractivity contribution in [1.82, 2.24) is 9.88 Å². The third-order valence-corrected chi connectivity index (χ3v) is 3.74. The fourth-order valence-corrected chi connectivity index (χ4v) is 2.37. The first kappa shape index (κ1) is 17.4. The Labute approximate surface area is 145 Å². The minimum absolute atomic E-state index is 0.0823. The summed E-state index contributed by atoms with van der Waals surface area (Å²) in [6, 6.07) is 5.81. The van der Waals surface area contributed by atoms with Crippen molar-refractivity contribution in [1.29, 1.82) is 0 Å². The van der Waals surface area contributed by atoms with Crippen LogP contribution in [0.4, 0.5) is 15.8 Å². The fraction of sp³-hybridized carbons (Fsp3) is 0.200. The van der Waals surface area contributed by atoms with Gasteiger partial charge in [-0.15, -0.1) is 0 Å². The topological polar surface area (TPSA) is 83.4 Å². The van der Waals surface area contributed by atoms with Gasteiger partial charge in [-0.25, -0.2) is 4.39 Å². The number of hydrogen-bond donors (Lipinski definition) is 3. The highest BCUT2D eigenvalue weighted by molar-refractivity contribution is 14.1. The van der Waals surface area contributed by atoms with Crippen LogP contribution in [0.5, 0.6) is 0 Å². The van der Waals surface area contributed by atoms with E-state index in [1.54, 1.807) is 6.07 Å². The summed E-state index contributed by atoms with van der Waals surface area (Å²) in [5.74, 6) is -0.956. The van der Waals surface area contributed by atoms with Crippen LogP contribution in [0.15, 0.2) is 35.3 Å². The molecule has 1 aromatic heterocycles. The molecule has 1 amide bonds. The number of aliphatic hydroxyl groups excluding tert-OH is 1. The molecule has 0 fully saturated rings. The molecule has 0 bridgehead atoms. The maximum Gasteiger partial charge on any atom is 0.254 e. The van der Waals surface area contributed by atoms with Gasteiger partial charge in [0.15, 0.2) is 0 Å². The second-order valence-electron chi connectivity index (χ2n) is 4.78. The lowest BCUT2D eigenvalue weighted by atomic mass is 10.2. The number of halogens is 2. The number of nitrogens with one attached hydrogen (secondary N) is 2. The monoisotopic (exact) mass is 431 g/mol. The molecule has 1 heterocycles. The second kappa shape index (κ2) is 7.55. The van der Waals surface area contributed by atoms with E-state index in [-0.39, 0.29) is 35.6 Å². The van der Waals surface area contributed by atoms with Crippen LogP contribution < -0.4 is 16.2 Å². The number of nitrogens with zero attached hydrogens (tertiary/aromatic N) is 1. The van der Waals surface area contributed by atoms with Crippen LogP contribution in [0.3, 0.4) is 0 Å². The highest BCUT2D eigenvalue weighted by Crippen LogP contribution is 2.23. The molecule has 0 saturated carbocycles. The number of amides is 1. The van der Waals surface area contributed by atoms with Crippen molar-refractivity contribution in [3.05, 3.63) is 55.8 Å². The van der Waals surface area contributed by atoms with Gasteiger partial charge in [0.1, 0.15) is 5.82 Å². The minimum atomic E-state index is -0.487. The molecule has 122 valence electrons. The lowest BCUT2D eigenvalue weighted by Gasteiger charge is -2.14. The Balaban J connectivity index is 2.41. The fourth-order valence-electron chi connectivity index (χ4n) is 1.91. The van der Waals surface area contributed by atoms with Gasteiger partial charge in [-0.2, -0.15) is 0 Å². The number of benzene rings is 1. The number of carbonyl (C=O) groups excluding carboxylic acids is 1. The molecule has 0 saturated heterocycles. The van der Waals surface area contributed by atoms with E-state index in [2.05, 4.69) is 10.6 Å². The number of aryl methyl sites for hydroxylation is 1. The van der Waals surface area contributed by atoms with Crippen molar-refractivity contribution in [3.8, 4) is 0 Å². The summed E-state index contributed by atoms with van der Waals surface area (Å²) in [5, 5.41) is 14.1. The number of rotatable bonds is 5. The van der Waals surface area contributed by atoms with Crippen molar-refractivity contribution >= 4 is 39.9 Å². The van der Waals surface area contributed by atoms with E-state index >= 15 is 0 Å². The van der Waals surface area contributed by atoms with Gasteiger partial charge in [0, 0.05) is 29.4 Å². The van der Waals surface area contributed by atoms with E-state index in [9.17, 15) is 14.0 Å². The van der Waals surface area contributed by atoms with E-state index in [1.165, 1.54) is 36.0 Å². The molecule has 3 N–H and O–H groups in total. The molecule has 0 aliphatic carbocycles. The Morgan fingerprint density at radius 2 is 2.09 bits per heavy atom. The smallest absolute Gasteiger partial charge is 0.254 e. The van der Waals surface area contributed by atoms with Crippen molar-refractivity contribution in [2.75, 3.05) is 18.5 Å². The van der Waals surface area contributed by atoms with Crippen LogP contribution in [0, 0.1) is 9.39 Å². The summed E-state index contributed by atoms with van der Waals surface area (Å²) in [5.41, 5.74) is 0.203. The number of carbonyl (C=O) groups is 1. The molecule has 2 aromatic rings. The number of hydrogen-bond acceptors (Lipinski definition) is 4. The molecular formula is C15H15FIN3O3. The van der Waals surface area contributed by atoms with Crippen molar-refractivity contribution in [2.24, 2.45) is 7.05 Å². The molecule has 6 nitrogen and oxygen atoms in total. The van der Waals surface area contributed by atoms with Gasteiger partial charge in [-0.1, -0.05) is 0 Å². The van der Waals surface area contributed by atoms with Gasteiger partial charge in [0.25, 0.3) is 11.5 Å². The number of anilines is 2. The molecule has 2 rings (SSSR count). The van der Waals surface area contributed by atoms with Crippen LogP contribution in [0.1, 0.15) is 10.4 Å². The van der Waals surface area contributed by atoms with Crippen molar-refractivity contribution in [2.45, 2.75) is 0 Å². The maximum absolute atomic E-state index is 14.0. The molecule has 1 aromatic carbocycles. The zero-order valence-electron chi connectivity index (χ0n) is 12.3. The predicted octanol–water partition coefficient (Wildman–Crippen LogP) is 1.59. The van der Waals surface area contributed by atoms with Crippen LogP contribution in [-0.4, -0.2) is 28.7 Å². The van der Waals surface area contributed by atoms with Crippen LogP contribution in [0.25, 0.3) is 0 Å². The first-order valence-electron chi connectivity index (χ1n) is 6.74. The summed E-state index contributed by atoms with van der Waals surface area (Å²) >= 11 is 1.99. The molecule has 23 heavy (non-hydrogen) atoms. The second-order valence-corrected chi connectivity index (χ2v) is 6.02. The summed E-state index contributed by atoms with van der Waals surface area (Å²) in [6.07, 6.45) is 1.36. The number of pyridine rings is 1. The summed E-state index contributed by atoms with van der Waals surface area (Å²) < 4.78 is 16.0. The predicted molar refractivity (Wildman–Crippen MR) is 93.5 cm³/mol. The summed E-state index contributed by atoms with van der Waals surface area (Å²) in [6.45, 7) is -0.120. The molecular weight excluding hydrogens is 416 g/mol. The first-order chi connectivity index (χ1) is 10.9. The Kier molecular flexibility index (Phi) is 5.72. The van der Waals surface area contributed by atoms with Gasteiger partial charge in [0.05, 0.1) is 23.5 Å². The average Bonchev–Trinajstić information content (AvgIpc) is 2.50. The SMILES string of the molecule is Cn1cc(C(=O)NCCO)c(Nc2ccc(I)cc2F)cc1=O. The quantitative estimate of drug-likeness (QED) is 0.629. The van der Waals surface area contributed by atoms with E-state index in [0.717, 1.165) is 3.57 Å². The minimum Gasteiger partial charge on any atom is -0.395 e. The van der Waals surface area contributed by atoms with Gasteiger partial charge >= 0.3 is 0 Å². The molecule has 0 radical (unpaired) electrons. The zero-order chi connectivity index (χ0) is 17.0. The molecule has 0 aliphatic rings. The molecule has 0 atom stereocenters. The van der Waals surface area contributed by atoms with E-state index in [4.69, 9.17) is 5.11 Å². The highest BCUT2D eigenvalue weighted by Gasteiger charge is 2.15. The van der Waals surface area contributed by atoms with E-state index in [0.29, 0.717) is 0 Å². The van der Waals surface area contributed by atoms with Gasteiger partial charge in [-0.05, 0) is 40.8 Å². The first-order valence-corrected chi connectivity index (χ1v) is 7.82. The lowest BCUT2D eigenvalue weighted by Crippen LogP contribution is -2.29. The average molecular weight is 431 g/mol. The van der Waals surface area contributed by atoms with Crippen molar-refractivity contribution in [3.63, 3.8) is 0 Å². The molecule has 8 heteroatoms. The number of aromatic nitrogens is 1. The Hall–Kier alpha value is -1.94. The van der Waals surface area contributed by atoms with Crippen LogP contribution >= 0.6 is 22.6 Å². The maximum atomic E-state index is 14.0. The zero-order valence-corrected chi connectivity index (χ0v) is 14.4. The lowest BCUT2D eigenvalue weighted by molar-refractivity contribution is 0.0945. The van der Waals surface area contributed by atoms with Crippen molar-refractivity contribution < 1.29 is 14.3 Å². The third-order valence-electron chi connectivity index (χ3n) is 3.07. The molecule has 0 unspecified atom stereocenters. The van der Waals surface area contributed by atoms with Gasteiger partial charge in [0.2, 0.25) is 0 Å². The standard InChI is InChI=1S/C15H15FIN3O3/c1-20-8-10(15(23)18-4-5-21)13(7-14(20)22)19-12-3-2-9(17)6-11(12)16/h2-3,6-8,19,21H,4-5H2,1H3,(H,18,23). The molecule has 0 spiro atoms. The summed E-state index contributed by atoms with van der Waals surface area (Å²) in [4.78, 5) is 24.0. The van der Waals surface area contributed by atoms with E-state index in [1.807, 2.05) is 22.6 Å². The highest BCUT2D eigenvalue weighted by atomic mass is 127. The third kappa shape index (κ3) is 4.29. The summed E-state index contributed by atoms with van der Waals surface area (Å²) in [7, 11) is 1.51.